The first-order valence-corrected chi connectivity index (χ1v) is 16.9. The van der Waals surface area contributed by atoms with E-state index in [2.05, 4.69) is 14.8 Å². The van der Waals surface area contributed by atoms with Crippen molar-refractivity contribution in [2.24, 2.45) is 0 Å². The van der Waals surface area contributed by atoms with Crippen LogP contribution >= 0.6 is 0 Å². The molecular weight excluding hydrogens is 657 g/mol. The van der Waals surface area contributed by atoms with Gasteiger partial charge in [0.2, 0.25) is 11.7 Å². The summed E-state index contributed by atoms with van der Waals surface area (Å²) in [5.41, 5.74) is 0.123. The molecule has 2 fully saturated rings. The molecule has 14 heteroatoms. The molecule has 0 atom stereocenters. The van der Waals surface area contributed by atoms with Crippen LogP contribution in [0.25, 0.3) is 5.65 Å². The van der Waals surface area contributed by atoms with Gasteiger partial charge in [0, 0.05) is 45.5 Å². The number of amides is 3. The average Bonchev–Trinajstić information content (AvgIpc) is 3.11. The number of piperazine rings is 2. The third-order valence-electron chi connectivity index (χ3n) is 8.69. The lowest BCUT2D eigenvalue weighted by molar-refractivity contribution is -0.121. The molecule has 51 heavy (non-hydrogen) atoms. The Hall–Kier alpha value is -5.50. The number of likely N-dealkylation sites (N-methyl/N-ethyl adjacent to an activating group) is 1. The molecule has 0 saturated carbocycles. The molecule has 268 valence electrons. The van der Waals surface area contributed by atoms with Gasteiger partial charge in [0.15, 0.2) is 11.3 Å². The lowest BCUT2D eigenvalue weighted by Crippen LogP contribution is -2.53. The summed E-state index contributed by atoms with van der Waals surface area (Å²) >= 11 is 0. The van der Waals surface area contributed by atoms with E-state index in [9.17, 15) is 19.2 Å². The Morgan fingerprint density at radius 2 is 1.55 bits per heavy atom. The Bertz CT molecular complexity index is 1960. The maximum absolute atomic E-state index is 15.7. The lowest BCUT2D eigenvalue weighted by atomic mass is 10.2. The summed E-state index contributed by atoms with van der Waals surface area (Å²) in [6, 6.07) is 19.4. The fourth-order valence-corrected chi connectivity index (χ4v) is 5.97. The summed E-state index contributed by atoms with van der Waals surface area (Å²) in [7, 11) is 2.03. The molecule has 2 aromatic carbocycles. The number of fused-ring (bicyclic) bond motifs is 1. The number of carbonyl (C=O) groups is 3. The Balaban J connectivity index is 1.46. The highest BCUT2D eigenvalue weighted by Gasteiger charge is 2.34. The first-order chi connectivity index (χ1) is 24.4. The number of anilines is 2. The molecule has 6 rings (SSSR count). The second kappa shape index (κ2) is 14.8. The van der Waals surface area contributed by atoms with Crippen molar-refractivity contribution < 1.29 is 28.3 Å². The second-order valence-corrected chi connectivity index (χ2v) is 13.7. The van der Waals surface area contributed by atoms with Gasteiger partial charge >= 0.3 is 17.6 Å². The Kier molecular flexibility index (Phi) is 10.2. The summed E-state index contributed by atoms with van der Waals surface area (Å²) < 4.78 is 28.4. The Morgan fingerprint density at radius 1 is 0.902 bits per heavy atom. The summed E-state index contributed by atoms with van der Waals surface area (Å²) in [5, 5.41) is -0.00792. The number of carbonyl (C=O) groups excluding carboxylic acids is 3. The Morgan fingerprint density at radius 3 is 2.18 bits per heavy atom. The van der Waals surface area contributed by atoms with E-state index >= 15 is 4.48 Å². The van der Waals surface area contributed by atoms with Crippen LogP contribution in [0.2, 0.25) is 0 Å². The standard InChI is InChI=1S/C37H42FN7O6/c1-37(2,3)51-36(49)42-19-20-43(30(46)24-42)29-21-28(41-17-15-40(4)16-18-41)23-44-33(29)39-31(34(47)45(38)22-26-11-7-5-8-12-26)32(35(44)48)50-25-27-13-9-6-10-14-27/h5-14,21,23H,15-20,22,24-25H2,1-4H3. The van der Waals surface area contributed by atoms with Gasteiger partial charge in [0.25, 0.3) is 0 Å². The van der Waals surface area contributed by atoms with Gasteiger partial charge in [-0.05, 0) is 45.0 Å². The summed E-state index contributed by atoms with van der Waals surface area (Å²) in [6.07, 6.45) is 0.997. The van der Waals surface area contributed by atoms with E-state index in [1.807, 2.05) is 25.2 Å². The zero-order valence-corrected chi connectivity index (χ0v) is 29.3. The van der Waals surface area contributed by atoms with Crippen LogP contribution in [0.1, 0.15) is 42.4 Å². The van der Waals surface area contributed by atoms with Crippen molar-refractivity contribution in [1.82, 2.24) is 24.3 Å². The van der Waals surface area contributed by atoms with Crippen molar-refractivity contribution in [1.29, 1.82) is 0 Å². The molecule has 2 aliphatic heterocycles. The van der Waals surface area contributed by atoms with Crippen molar-refractivity contribution in [2.75, 3.05) is 62.7 Å². The molecule has 0 radical (unpaired) electrons. The van der Waals surface area contributed by atoms with Gasteiger partial charge in [-0.25, -0.2) is 9.78 Å². The molecule has 4 aromatic rings. The van der Waals surface area contributed by atoms with E-state index in [1.165, 1.54) is 14.2 Å². The van der Waals surface area contributed by atoms with Crippen LogP contribution in [-0.2, 0) is 22.7 Å². The smallest absolute Gasteiger partial charge is 0.410 e. The van der Waals surface area contributed by atoms with Crippen molar-refractivity contribution >= 4 is 34.9 Å². The number of rotatable bonds is 8. The van der Waals surface area contributed by atoms with Crippen LogP contribution in [0, 0.1) is 0 Å². The third-order valence-corrected chi connectivity index (χ3v) is 8.69. The van der Waals surface area contributed by atoms with Gasteiger partial charge in [-0.3, -0.25) is 23.7 Å². The van der Waals surface area contributed by atoms with Crippen molar-refractivity contribution in [2.45, 2.75) is 39.5 Å². The molecule has 0 bridgehead atoms. The van der Waals surface area contributed by atoms with Gasteiger partial charge in [0.05, 0.1) is 17.9 Å². The zero-order valence-electron chi connectivity index (χ0n) is 29.3. The summed E-state index contributed by atoms with van der Waals surface area (Å²) in [5.74, 6) is -2.02. The molecule has 2 aromatic heterocycles. The quantitative estimate of drug-likeness (QED) is 0.250. The highest BCUT2D eigenvalue weighted by Crippen LogP contribution is 2.31. The molecule has 2 aliphatic rings. The van der Waals surface area contributed by atoms with Crippen LogP contribution in [0.5, 0.6) is 5.75 Å². The molecule has 13 nitrogen and oxygen atoms in total. The molecule has 2 saturated heterocycles. The van der Waals surface area contributed by atoms with Crippen LogP contribution in [0.4, 0.5) is 20.7 Å². The SMILES string of the molecule is CN1CCN(c2cc(N3CCN(C(=O)OC(C)(C)C)CC3=O)c3nc(C(=O)N(F)Cc4ccccc4)c(OCc4ccccc4)c(=O)n3c2)CC1. The molecular formula is C37H42FN7O6. The molecule has 4 heterocycles. The molecule has 0 aliphatic carbocycles. The van der Waals surface area contributed by atoms with Crippen LogP contribution < -0.4 is 20.1 Å². The van der Waals surface area contributed by atoms with Gasteiger partial charge in [-0.1, -0.05) is 65.1 Å². The normalized spacial score (nSPS) is 15.6. The third kappa shape index (κ3) is 8.12. The topological polar surface area (TPSA) is 120 Å². The largest absolute Gasteiger partial charge is 0.481 e. The monoisotopic (exact) mass is 699 g/mol. The predicted molar refractivity (Wildman–Crippen MR) is 190 cm³/mol. The second-order valence-electron chi connectivity index (χ2n) is 13.7. The van der Waals surface area contributed by atoms with Crippen LogP contribution in [-0.4, -0.2) is 101 Å². The van der Waals surface area contributed by atoms with E-state index in [4.69, 9.17) is 9.47 Å². The number of hydrogen-bond acceptors (Lipinski definition) is 9. The summed E-state index contributed by atoms with van der Waals surface area (Å²) in [4.78, 5) is 66.5. The number of aromatic nitrogens is 2. The van der Waals surface area contributed by atoms with E-state index in [0.717, 1.165) is 18.7 Å². The van der Waals surface area contributed by atoms with Crippen molar-refractivity contribution in [3.63, 3.8) is 0 Å². The van der Waals surface area contributed by atoms with Gasteiger partial charge in [0.1, 0.15) is 18.8 Å². The number of ether oxygens (including phenoxy) is 2. The maximum Gasteiger partial charge on any atom is 0.410 e. The fraction of sp³-hybridized carbons (Fsp3) is 0.378. The number of benzene rings is 2. The predicted octanol–water partition coefficient (Wildman–Crippen LogP) is 4.14. The Labute approximate surface area is 295 Å². The molecule has 0 spiro atoms. The van der Waals surface area contributed by atoms with Crippen molar-refractivity contribution in [3.8, 4) is 5.75 Å². The first-order valence-electron chi connectivity index (χ1n) is 16.9. The van der Waals surface area contributed by atoms with E-state index in [1.54, 1.807) is 75.5 Å². The molecule has 3 amide bonds. The highest BCUT2D eigenvalue weighted by molar-refractivity contribution is 6.01. The highest BCUT2D eigenvalue weighted by atomic mass is 19.2. The molecule has 0 unspecified atom stereocenters. The minimum absolute atomic E-state index is 0.00792. The summed E-state index contributed by atoms with van der Waals surface area (Å²) in [6.45, 7) is 7.59. The van der Waals surface area contributed by atoms with E-state index < -0.39 is 40.5 Å². The number of halogens is 1. The number of nitrogens with zero attached hydrogens (tertiary/aromatic N) is 7. The first kappa shape index (κ1) is 35.3. The number of pyridine rings is 1. The molecule has 0 N–H and O–H groups in total. The average molecular weight is 700 g/mol. The van der Waals surface area contributed by atoms with Crippen LogP contribution in [0.3, 0.4) is 0 Å². The van der Waals surface area contributed by atoms with Crippen LogP contribution in [0.15, 0.2) is 77.7 Å². The maximum atomic E-state index is 15.7. The van der Waals surface area contributed by atoms with E-state index in [0.29, 0.717) is 24.3 Å². The lowest BCUT2D eigenvalue weighted by Gasteiger charge is -2.37. The van der Waals surface area contributed by atoms with Gasteiger partial charge in [-0.15, -0.1) is 0 Å². The van der Waals surface area contributed by atoms with Gasteiger partial charge < -0.3 is 24.2 Å². The van der Waals surface area contributed by atoms with Crippen molar-refractivity contribution in [3.05, 3.63) is 100 Å². The fourth-order valence-electron chi connectivity index (χ4n) is 5.97. The van der Waals surface area contributed by atoms with Gasteiger partial charge in [-0.2, -0.15) is 5.12 Å². The minimum atomic E-state index is -1.17. The number of hydrogen-bond donors (Lipinski definition) is 0. The zero-order chi connectivity index (χ0) is 36.3. The van der Waals surface area contributed by atoms with E-state index in [-0.39, 0.29) is 49.2 Å². The minimum Gasteiger partial charge on any atom is -0.481 e.